The standard InChI is InChI=1S/C27H36N4O3S/c28-18-24(35)22(17-21-12-7-15-29-26(21)33)31-27(34)23(16-20-10-5-2-6-11-20)30-25(32)14-13-19-8-3-1-4-9-19/h1,3-4,8-9,13-14,20-24,35H,2,5-7,10-12,15-17H2,(H,29,33)(H,30,32)(H,31,34)/b14-13+/t21-,22+,23+,24?/m1/s1. The van der Waals surface area contributed by atoms with Crippen molar-refractivity contribution in [2.45, 2.75) is 75.1 Å². The third-order valence-electron chi connectivity index (χ3n) is 6.93. The predicted octanol–water partition coefficient (Wildman–Crippen LogP) is 3.38. The van der Waals surface area contributed by atoms with Crippen molar-refractivity contribution in [2.24, 2.45) is 11.8 Å². The molecule has 1 unspecified atom stereocenters. The molecule has 7 nitrogen and oxygen atoms in total. The van der Waals surface area contributed by atoms with Gasteiger partial charge in [0.2, 0.25) is 17.7 Å². The minimum absolute atomic E-state index is 0.0490. The SMILES string of the molecule is N#CC(S)[C@H](C[C@H]1CCCNC1=O)NC(=O)[C@H](CC1CCCCC1)NC(=O)/C=C/c1ccccc1. The number of thiol groups is 1. The molecule has 3 rings (SSSR count). The lowest BCUT2D eigenvalue weighted by molar-refractivity contribution is -0.129. The van der Waals surface area contributed by atoms with Crippen LogP contribution >= 0.6 is 12.6 Å². The zero-order valence-corrected chi connectivity index (χ0v) is 21.0. The number of rotatable bonds is 10. The van der Waals surface area contributed by atoms with Gasteiger partial charge in [-0.3, -0.25) is 14.4 Å². The second-order valence-electron chi connectivity index (χ2n) is 9.60. The summed E-state index contributed by atoms with van der Waals surface area (Å²) in [6, 6.07) is 10.3. The molecule has 0 bridgehead atoms. The first-order chi connectivity index (χ1) is 17.0. The van der Waals surface area contributed by atoms with Crippen LogP contribution in [-0.2, 0) is 14.4 Å². The minimum atomic E-state index is -0.752. The Hall–Kier alpha value is -2.79. The molecule has 1 aliphatic heterocycles. The lowest BCUT2D eigenvalue weighted by Gasteiger charge is -2.30. The number of hydrogen-bond donors (Lipinski definition) is 4. The number of hydrogen-bond acceptors (Lipinski definition) is 5. The molecule has 1 aliphatic carbocycles. The van der Waals surface area contributed by atoms with Crippen LogP contribution in [0.3, 0.4) is 0 Å². The van der Waals surface area contributed by atoms with E-state index in [0.29, 0.717) is 25.3 Å². The van der Waals surface area contributed by atoms with Crippen LogP contribution in [0.25, 0.3) is 6.08 Å². The maximum Gasteiger partial charge on any atom is 0.244 e. The van der Waals surface area contributed by atoms with Gasteiger partial charge in [-0.1, -0.05) is 62.4 Å². The number of nitrogens with zero attached hydrogens (tertiary/aromatic N) is 1. The number of amides is 3. The summed E-state index contributed by atoms with van der Waals surface area (Å²) in [6.07, 6.45) is 11.2. The second kappa shape index (κ2) is 13.9. The number of piperidine rings is 1. The molecule has 1 saturated carbocycles. The quantitative estimate of drug-likeness (QED) is 0.294. The normalized spacial score (nSPS) is 21.4. The van der Waals surface area contributed by atoms with Gasteiger partial charge in [0.25, 0.3) is 0 Å². The van der Waals surface area contributed by atoms with Gasteiger partial charge in [0.15, 0.2) is 0 Å². The highest BCUT2D eigenvalue weighted by molar-refractivity contribution is 7.81. The number of benzene rings is 1. The Morgan fingerprint density at radius 1 is 1.09 bits per heavy atom. The zero-order valence-electron chi connectivity index (χ0n) is 20.1. The van der Waals surface area contributed by atoms with Crippen molar-refractivity contribution in [3.05, 3.63) is 42.0 Å². The molecule has 1 aromatic carbocycles. The molecule has 188 valence electrons. The van der Waals surface area contributed by atoms with E-state index in [1.807, 2.05) is 30.3 Å². The summed E-state index contributed by atoms with van der Waals surface area (Å²) < 4.78 is 0. The van der Waals surface area contributed by atoms with Crippen molar-refractivity contribution in [1.29, 1.82) is 5.26 Å². The van der Waals surface area contributed by atoms with Gasteiger partial charge < -0.3 is 16.0 Å². The van der Waals surface area contributed by atoms with Crippen molar-refractivity contribution < 1.29 is 14.4 Å². The van der Waals surface area contributed by atoms with Crippen molar-refractivity contribution in [3.63, 3.8) is 0 Å². The Kier molecular flexibility index (Phi) is 10.7. The van der Waals surface area contributed by atoms with Crippen molar-refractivity contribution in [2.75, 3.05) is 6.54 Å². The molecule has 2 fully saturated rings. The highest BCUT2D eigenvalue weighted by atomic mass is 32.1. The number of carbonyl (C=O) groups excluding carboxylic acids is 3. The molecule has 1 aromatic rings. The van der Waals surface area contributed by atoms with E-state index in [2.05, 4.69) is 34.6 Å². The van der Waals surface area contributed by atoms with E-state index in [9.17, 15) is 19.6 Å². The fraction of sp³-hybridized carbons (Fsp3) is 0.556. The first-order valence-electron chi connectivity index (χ1n) is 12.7. The molecule has 3 amide bonds. The Bertz CT molecular complexity index is 924. The summed E-state index contributed by atoms with van der Waals surface area (Å²) >= 11 is 4.37. The van der Waals surface area contributed by atoms with E-state index in [4.69, 9.17) is 0 Å². The third kappa shape index (κ3) is 8.74. The highest BCUT2D eigenvalue weighted by Crippen LogP contribution is 2.28. The van der Waals surface area contributed by atoms with Gasteiger partial charge in [-0.2, -0.15) is 17.9 Å². The fourth-order valence-corrected chi connectivity index (χ4v) is 5.15. The molecule has 4 atom stereocenters. The van der Waals surface area contributed by atoms with E-state index < -0.39 is 17.3 Å². The van der Waals surface area contributed by atoms with Gasteiger partial charge in [-0.15, -0.1) is 0 Å². The van der Waals surface area contributed by atoms with Crippen LogP contribution in [0.4, 0.5) is 0 Å². The molecular weight excluding hydrogens is 460 g/mol. The van der Waals surface area contributed by atoms with Crippen LogP contribution in [-0.4, -0.2) is 41.6 Å². The lowest BCUT2D eigenvalue weighted by Crippen LogP contribution is -2.53. The van der Waals surface area contributed by atoms with Crippen molar-refractivity contribution >= 4 is 36.4 Å². The average molecular weight is 497 g/mol. The van der Waals surface area contributed by atoms with E-state index in [1.54, 1.807) is 6.08 Å². The summed E-state index contributed by atoms with van der Waals surface area (Å²) in [5.74, 6) is -0.615. The van der Waals surface area contributed by atoms with Crippen LogP contribution < -0.4 is 16.0 Å². The van der Waals surface area contributed by atoms with E-state index in [0.717, 1.165) is 44.1 Å². The fourth-order valence-electron chi connectivity index (χ4n) is 4.95. The summed E-state index contributed by atoms with van der Waals surface area (Å²) in [6.45, 7) is 0.654. The average Bonchev–Trinajstić information content (AvgIpc) is 2.88. The first kappa shape index (κ1) is 26.8. The Morgan fingerprint density at radius 3 is 2.51 bits per heavy atom. The molecule has 3 N–H and O–H groups in total. The predicted molar refractivity (Wildman–Crippen MR) is 139 cm³/mol. The van der Waals surface area contributed by atoms with E-state index >= 15 is 0 Å². The molecular formula is C27H36N4O3S. The zero-order chi connectivity index (χ0) is 25.0. The van der Waals surface area contributed by atoms with Gasteiger partial charge >= 0.3 is 0 Å². The molecule has 8 heteroatoms. The van der Waals surface area contributed by atoms with Crippen LogP contribution in [0.1, 0.15) is 63.4 Å². The first-order valence-corrected chi connectivity index (χ1v) is 13.2. The third-order valence-corrected chi connectivity index (χ3v) is 7.41. The van der Waals surface area contributed by atoms with Crippen molar-refractivity contribution in [3.8, 4) is 6.07 Å². The number of nitriles is 1. The monoisotopic (exact) mass is 496 g/mol. The topological polar surface area (TPSA) is 111 Å². The smallest absolute Gasteiger partial charge is 0.244 e. The van der Waals surface area contributed by atoms with Gasteiger partial charge in [0.05, 0.1) is 12.1 Å². The largest absolute Gasteiger partial charge is 0.356 e. The summed E-state index contributed by atoms with van der Waals surface area (Å²) in [4.78, 5) is 38.4. The minimum Gasteiger partial charge on any atom is -0.356 e. The number of carbonyl (C=O) groups is 3. The van der Waals surface area contributed by atoms with Crippen LogP contribution in [0, 0.1) is 23.2 Å². The van der Waals surface area contributed by atoms with Gasteiger partial charge in [-0.05, 0) is 43.2 Å². The second-order valence-corrected chi connectivity index (χ2v) is 10.2. The Labute approximate surface area is 213 Å². The summed E-state index contributed by atoms with van der Waals surface area (Å²) in [5, 5.41) is 17.4. The molecule has 1 saturated heterocycles. The lowest BCUT2D eigenvalue weighted by atomic mass is 9.84. The van der Waals surface area contributed by atoms with E-state index in [1.165, 1.54) is 12.5 Å². The van der Waals surface area contributed by atoms with Crippen LogP contribution in [0.15, 0.2) is 36.4 Å². The molecule has 1 heterocycles. The maximum atomic E-state index is 13.4. The molecule has 0 spiro atoms. The van der Waals surface area contributed by atoms with Gasteiger partial charge in [0.1, 0.15) is 11.3 Å². The molecule has 35 heavy (non-hydrogen) atoms. The van der Waals surface area contributed by atoms with Crippen molar-refractivity contribution in [1.82, 2.24) is 16.0 Å². The molecule has 0 aromatic heterocycles. The van der Waals surface area contributed by atoms with E-state index in [-0.39, 0.29) is 23.6 Å². The van der Waals surface area contributed by atoms with Crippen LogP contribution in [0.5, 0.6) is 0 Å². The summed E-state index contributed by atoms with van der Waals surface area (Å²) in [7, 11) is 0. The van der Waals surface area contributed by atoms with Gasteiger partial charge in [-0.25, -0.2) is 0 Å². The highest BCUT2D eigenvalue weighted by Gasteiger charge is 2.32. The Morgan fingerprint density at radius 2 is 1.83 bits per heavy atom. The van der Waals surface area contributed by atoms with Crippen LogP contribution in [0.2, 0.25) is 0 Å². The summed E-state index contributed by atoms with van der Waals surface area (Å²) in [5.41, 5.74) is 0.897. The molecule has 2 aliphatic rings. The molecule has 0 radical (unpaired) electrons. The Balaban J connectivity index is 1.69. The van der Waals surface area contributed by atoms with Gasteiger partial charge in [0, 0.05) is 18.5 Å². The maximum absolute atomic E-state index is 13.4. The number of nitrogens with one attached hydrogen (secondary N) is 3.